The molecule has 1 aliphatic heterocycles. The highest BCUT2D eigenvalue weighted by molar-refractivity contribution is 7.98. The summed E-state index contributed by atoms with van der Waals surface area (Å²) in [7, 11) is 0. The summed E-state index contributed by atoms with van der Waals surface area (Å²) in [6.45, 7) is 0. The minimum atomic E-state index is -1.63. The molecular formula is C3H5NO2S. The van der Waals surface area contributed by atoms with E-state index in [9.17, 15) is 0 Å². The second kappa shape index (κ2) is 1.47. The van der Waals surface area contributed by atoms with Crippen molar-refractivity contribution < 1.29 is 10.2 Å². The van der Waals surface area contributed by atoms with Crippen LogP contribution in [0.2, 0.25) is 0 Å². The van der Waals surface area contributed by atoms with E-state index in [0.717, 1.165) is 18.2 Å². The van der Waals surface area contributed by atoms with Crippen LogP contribution in [0.3, 0.4) is 0 Å². The van der Waals surface area contributed by atoms with E-state index in [1.807, 2.05) is 0 Å². The van der Waals surface area contributed by atoms with E-state index in [1.54, 1.807) is 0 Å². The Bertz CT molecular complexity index is 101. The van der Waals surface area contributed by atoms with Gasteiger partial charge in [0.2, 0.25) is 5.79 Å². The van der Waals surface area contributed by atoms with Crippen molar-refractivity contribution in [1.82, 2.24) is 0 Å². The van der Waals surface area contributed by atoms with Crippen molar-refractivity contribution in [3.63, 3.8) is 0 Å². The fourth-order valence-corrected chi connectivity index (χ4v) is 0.874. The lowest BCUT2D eigenvalue weighted by Crippen LogP contribution is -2.29. The van der Waals surface area contributed by atoms with Crippen LogP contribution in [0.15, 0.2) is 4.40 Å². The summed E-state index contributed by atoms with van der Waals surface area (Å²) in [4.78, 5) is 0. The van der Waals surface area contributed by atoms with Gasteiger partial charge in [-0.05, 0) is 11.9 Å². The van der Waals surface area contributed by atoms with Crippen LogP contribution < -0.4 is 0 Å². The first-order valence-electron chi connectivity index (χ1n) is 1.82. The summed E-state index contributed by atoms with van der Waals surface area (Å²) >= 11 is 1.15. The number of hydrogen-bond acceptors (Lipinski definition) is 4. The highest BCUT2D eigenvalue weighted by atomic mass is 32.2. The molecule has 0 aromatic rings. The van der Waals surface area contributed by atoms with E-state index in [1.165, 1.54) is 0 Å². The second-order valence-corrected chi connectivity index (χ2v) is 2.14. The van der Waals surface area contributed by atoms with Crippen LogP contribution in [-0.4, -0.2) is 28.0 Å². The van der Waals surface area contributed by atoms with Crippen molar-refractivity contribution in [2.45, 2.75) is 5.79 Å². The molecule has 0 radical (unpaired) electrons. The van der Waals surface area contributed by atoms with Gasteiger partial charge >= 0.3 is 0 Å². The van der Waals surface area contributed by atoms with Gasteiger partial charge in [-0.25, -0.2) is 4.40 Å². The summed E-state index contributed by atoms with van der Waals surface area (Å²) in [5.74, 6) is -1.38. The molecule has 40 valence electrons. The lowest BCUT2D eigenvalue weighted by molar-refractivity contribution is -0.0710. The molecular weight excluding hydrogens is 114 g/mol. The first-order chi connectivity index (χ1) is 3.21. The minimum absolute atomic E-state index is 0.257. The summed E-state index contributed by atoms with van der Waals surface area (Å²) < 4.78 is 3.53. The molecule has 0 saturated carbocycles. The van der Waals surface area contributed by atoms with Gasteiger partial charge in [-0.15, -0.1) is 0 Å². The quantitative estimate of drug-likeness (QED) is 0.330. The molecule has 7 heavy (non-hydrogen) atoms. The van der Waals surface area contributed by atoms with Gasteiger partial charge in [0.25, 0.3) is 0 Å². The molecule has 0 bridgehead atoms. The normalized spacial score (nSPS) is 26.0. The molecule has 0 aromatic heterocycles. The fourth-order valence-electron chi connectivity index (χ4n) is 0.291. The third kappa shape index (κ3) is 1.15. The summed E-state index contributed by atoms with van der Waals surface area (Å²) in [5, 5.41) is 17.2. The second-order valence-electron chi connectivity index (χ2n) is 1.39. The Labute approximate surface area is 45.2 Å². The topological polar surface area (TPSA) is 52.8 Å². The molecule has 2 N–H and O–H groups in total. The standard InChI is InChI=1S/C3H5NO2S/c5-3(6)1-4-7-2-3/h1,5-6H,2H2. The maximum atomic E-state index is 8.58. The van der Waals surface area contributed by atoms with E-state index in [4.69, 9.17) is 10.2 Å². The number of hydrogen-bond donors (Lipinski definition) is 2. The van der Waals surface area contributed by atoms with Crippen LogP contribution in [0.25, 0.3) is 0 Å². The highest BCUT2D eigenvalue weighted by Crippen LogP contribution is 2.16. The maximum absolute atomic E-state index is 8.58. The van der Waals surface area contributed by atoms with E-state index in [-0.39, 0.29) is 5.75 Å². The Kier molecular flexibility index (Phi) is 1.07. The smallest absolute Gasteiger partial charge is 0.212 e. The minimum Gasteiger partial charge on any atom is -0.361 e. The largest absolute Gasteiger partial charge is 0.361 e. The molecule has 0 aliphatic carbocycles. The Morgan fingerprint density at radius 1 is 1.71 bits per heavy atom. The molecule has 1 heterocycles. The molecule has 0 amide bonds. The number of rotatable bonds is 0. The van der Waals surface area contributed by atoms with Crippen LogP contribution in [0, 0.1) is 0 Å². The van der Waals surface area contributed by atoms with Gasteiger partial charge in [0, 0.05) is 0 Å². The Hall–Kier alpha value is -0.0600. The zero-order chi connectivity index (χ0) is 5.33. The van der Waals surface area contributed by atoms with Crippen LogP contribution in [0.1, 0.15) is 0 Å². The number of nitrogens with zero attached hydrogens (tertiary/aromatic N) is 1. The van der Waals surface area contributed by atoms with Crippen LogP contribution >= 0.6 is 11.9 Å². The zero-order valence-electron chi connectivity index (χ0n) is 3.53. The molecule has 1 rings (SSSR count). The molecule has 0 fully saturated rings. The predicted molar refractivity (Wildman–Crippen MR) is 28.1 cm³/mol. The third-order valence-corrected chi connectivity index (χ3v) is 1.42. The monoisotopic (exact) mass is 119 g/mol. The molecule has 3 nitrogen and oxygen atoms in total. The fraction of sp³-hybridized carbons (Fsp3) is 0.667. The molecule has 0 atom stereocenters. The molecule has 1 aliphatic rings. The Balaban J connectivity index is 2.57. The molecule has 4 heteroatoms. The molecule has 0 aromatic carbocycles. The van der Waals surface area contributed by atoms with Gasteiger partial charge in [-0.3, -0.25) is 0 Å². The maximum Gasteiger partial charge on any atom is 0.212 e. The van der Waals surface area contributed by atoms with Gasteiger partial charge in [0.05, 0.1) is 12.0 Å². The first-order valence-corrected chi connectivity index (χ1v) is 2.76. The van der Waals surface area contributed by atoms with Gasteiger partial charge in [0.1, 0.15) is 0 Å². The lowest BCUT2D eigenvalue weighted by atomic mass is 10.4. The summed E-state index contributed by atoms with van der Waals surface area (Å²) in [5.41, 5.74) is 0. The first kappa shape index (κ1) is 5.08. The van der Waals surface area contributed by atoms with Crippen molar-refractivity contribution in [2.24, 2.45) is 4.40 Å². The van der Waals surface area contributed by atoms with Crippen molar-refractivity contribution in [3.05, 3.63) is 0 Å². The average molecular weight is 119 g/mol. The van der Waals surface area contributed by atoms with E-state index in [0.29, 0.717) is 0 Å². The lowest BCUT2D eigenvalue weighted by Gasteiger charge is -2.05. The van der Waals surface area contributed by atoms with Gasteiger partial charge in [-0.2, -0.15) is 0 Å². The van der Waals surface area contributed by atoms with Crippen molar-refractivity contribution in [2.75, 3.05) is 5.75 Å². The van der Waals surface area contributed by atoms with Gasteiger partial charge in [0.15, 0.2) is 0 Å². The molecule has 0 saturated heterocycles. The Morgan fingerprint density at radius 2 is 2.43 bits per heavy atom. The molecule has 0 spiro atoms. The van der Waals surface area contributed by atoms with Gasteiger partial charge in [-0.1, -0.05) is 0 Å². The van der Waals surface area contributed by atoms with Crippen LogP contribution in [0.4, 0.5) is 0 Å². The van der Waals surface area contributed by atoms with Crippen molar-refractivity contribution >= 4 is 18.2 Å². The van der Waals surface area contributed by atoms with Crippen LogP contribution in [0.5, 0.6) is 0 Å². The van der Waals surface area contributed by atoms with Crippen LogP contribution in [-0.2, 0) is 0 Å². The third-order valence-electron chi connectivity index (χ3n) is 0.611. The predicted octanol–water partition coefficient (Wildman–Crippen LogP) is -0.600. The van der Waals surface area contributed by atoms with E-state index < -0.39 is 5.79 Å². The SMILES string of the molecule is OC1(O)C=NSC1. The van der Waals surface area contributed by atoms with Crippen molar-refractivity contribution in [1.29, 1.82) is 0 Å². The van der Waals surface area contributed by atoms with Crippen molar-refractivity contribution in [3.8, 4) is 0 Å². The van der Waals surface area contributed by atoms with E-state index in [2.05, 4.69) is 4.40 Å². The summed E-state index contributed by atoms with van der Waals surface area (Å²) in [6.07, 6.45) is 1.12. The summed E-state index contributed by atoms with van der Waals surface area (Å²) in [6, 6.07) is 0. The molecule has 0 unspecified atom stereocenters. The average Bonchev–Trinajstić information content (AvgIpc) is 1.84. The van der Waals surface area contributed by atoms with E-state index >= 15 is 0 Å². The van der Waals surface area contributed by atoms with Gasteiger partial charge < -0.3 is 10.2 Å². The Morgan fingerprint density at radius 3 is 2.57 bits per heavy atom. The number of aliphatic hydroxyl groups is 2. The zero-order valence-corrected chi connectivity index (χ0v) is 4.35. The highest BCUT2D eigenvalue weighted by Gasteiger charge is 2.24.